The van der Waals surface area contributed by atoms with Gasteiger partial charge in [-0.15, -0.1) is 21.5 Å². The van der Waals surface area contributed by atoms with Crippen LogP contribution in [0, 0.1) is 11.3 Å². The van der Waals surface area contributed by atoms with Gasteiger partial charge in [0.15, 0.2) is 5.82 Å². The van der Waals surface area contributed by atoms with Gasteiger partial charge < -0.3 is 10.7 Å². The number of rotatable bonds is 7. The molecule has 1 atom stereocenters. The topological polar surface area (TPSA) is 101 Å². The van der Waals surface area contributed by atoms with Gasteiger partial charge in [0.1, 0.15) is 0 Å². The highest BCUT2D eigenvalue weighted by Gasteiger charge is 2.25. The van der Waals surface area contributed by atoms with Gasteiger partial charge in [0.25, 0.3) is 0 Å². The van der Waals surface area contributed by atoms with Crippen molar-refractivity contribution in [1.29, 1.82) is 5.26 Å². The molecule has 2 N–H and O–H groups in total. The smallest absolute Gasteiger partial charge is 0.240 e. The first-order valence-corrected chi connectivity index (χ1v) is 10.0. The monoisotopic (exact) mass is 398 g/mol. The Hall–Kier alpha value is -2.83. The summed E-state index contributed by atoms with van der Waals surface area (Å²) in [5.74, 6) is 6.58. The Kier molecular flexibility index (Phi) is 6.11. The molecule has 1 amide bonds. The van der Waals surface area contributed by atoms with Crippen LogP contribution in [0.3, 0.4) is 0 Å². The standard InChI is InChI=1S/C18H18N6OS2/c1-13(17(25)23(11-6-10-19)14-7-3-2-4-8-14)27-18-22-21-16(24(18)20)15-9-5-12-26-15/h2-5,7-9,12-13H,6,11,20H2,1H3. The van der Waals surface area contributed by atoms with Crippen LogP contribution in [0.5, 0.6) is 0 Å². The molecule has 0 saturated heterocycles. The summed E-state index contributed by atoms with van der Waals surface area (Å²) in [4.78, 5) is 15.5. The number of amides is 1. The van der Waals surface area contributed by atoms with E-state index in [1.807, 2.05) is 47.8 Å². The molecule has 2 aromatic heterocycles. The summed E-state index contributed by atoms with van der Waals surface area (Å²) < 4.78 is 1.41. The molecule has 0 bridgehead atoms. The van der Waals surface area contributed by atoms with Gasteiger partial charge in [-0.2, -0.15) is 5.26 Å². The largest absolute Gasteiger partial charge is 0.335 e. The predicted octanol–water partition coefficient (Wildman–Crippen LogP) is 3.15. The third-order valence-corrected chi connectivity index (χ3v) is 5.73. The van der Waals surface area contributed by atoms with Crippen LogP contribution >= 0.6 is 23.1 Å². The van der Waals surface area contributed by atoms with Crippen molar-refractivity contribution in [2.75, 3.05) is 17.3 Å². The average Bonchev–Trinajstić information content (AvgIpc) is 3.33. The number of thiophene rings is 1. The maximum absolute atomic E-state index is 13.0. The van der Waals surface area contributed by atoms with Crippen molar-refractivity contribution in [2.45, 2.75) is 23.8 Å². The molecule has 2 heterocycles. The Labute approximate surface area is 165 Å². The van der Waals surface area contributed by atoms with Crippen LogP contribution in [-0.4, -0.2) is 32.6 Å². The third kappa shape index (κ3) is 4.30. The molecule has 0 aliphatic rings. The van der Waals surface area contributed by atoms with Crippen molar-refractivity contribution in [3.05, 3.63) is 47.8 Å². The van der Waals surface area contributed by atoms with E-state index in [1.54, 1.807) is 11.8 Å². The average molecular weight is 399 g/mol. The minimum absolute atomic E-state index is 0.109. The number of thioether (sulfide) groups is 1. The summed E-state index contributed by atoms with van der Waals surface area (Å²) in [6.45, 7) is 2.13. The number of anilines is 1. The number of nitrogen functional groups attached to an aromatic ring is 1. The summed E-state index contributed by atoms with van der Waals surface area (Å²) in [5, 5.41) is 19.1. The van der Waals surface area contributed by atoms with Gasteiger partial charge in [-0.1, -0.05) is 36.0 Å². The molecular formula is C18H18N6OS2. The maximum Gasteiger partial charge on any atom is 0.240 e. The van der Waals surface area contributed by atoms with Crippen molar-refractivity contribution in [1.82, 2.24) is 14.9 Å². The molecule has 7 nitrogen and oxygen atoms in total. The first kappa shape index (κ1) is 18.9. The zero-order valence-electron chi connectivity index (χ0n) is 14.6. The Morgan fingerprint density at radius 3 is 2.78 bits per heavy atom. The normalized spacial score (nSPS) is 11.7. The number of nitrogens with two attached hydrogens (primary N) is 1. The zero-order chi connectivity index (χ0) is 19.2. The number of nitrogens with zero attached hydrogens (tertiary/aromatic N) is 5. The molecule has 0 fully saturated rings. The van der Waals surface area contributed by atoms with Crippen molar-refractivity contribution in [3.8, 4) is 16.8 Å². The lowest BCUT2D eigenvalue weighted by Gasteiger charge is -2.24. The van der Waals surface area contributed by atoms with E-state index >= 15 is 0 Å². The second kappa shape index (κ2) is 8.70. The first-order valence-electron chi connectivity index (χ1n) is 8.26. The second-order valence-electron chi connectivity index (χ2n) is 5.65. The third-order valence-electron chi connectivity index (χ3n) is 3.82. The van der Waals surface area contributed by atoms with Crippen LogP contribution in [0.2, 0.25) is 0 Å². The van der Waals surface area contributed by atoms with Gasteiger partial charge in [-0.05, 0) is 30.5 Å². The molecule has 27 heavy (non-hydrogen) atoms. The second-order valence-corrected chi connectivity index (χ2v) is 7.90. The number of hydrogen-bond donors (Lipinski definition) is 1. The summed E-state index contributed by atoms with van der Waals surface area (Å²) in [5.41, 5.74) is 0.763. The number of carbonyl (C=O) groups excluding carboxylic acids is 1. The van der Waals surface area contributed by atoms with E-state index in [-0.39, 0.29) is 12.3 Å². The Bertz CT molecular complexity index is 933. The highest BCUT2D eigenvalue weighted by atomic mass is 32.2. The molecule has 0 spiro atoms. The van der Waals surface area contributed by atoms with Gasteiger partial charge in [-0.3, -0.25) is 4.79 Å². The molecule has 3 aromatic rings. The lowest BCUT2D eigenvalue weighted by atomic mass is 10.2. The van der Waals surface area contributed by atoms with Crippen LogP contribution in [0.15, 0.2) is 53.0 Å². The quantitative estimate of drug-likeness (QED) is 0.485. The van der Waals surface area contributed by atoms with Crippen LogP contribution < -0.4 is 10.7 Å². The molecule has 0 saturated carbocycles. The SMILES string of the molecule is CC(Sc1nnc(-c2cccs2)n1N)C(=O)N(CCC#N)c1ccccc1. The molecule has 9 heteroatoms. The molecule has 0 radical (unpaired) electrons. The summed E-state index contributed by atoms with van der Waals surface area (Å²) in [6, 6.07) is 15.3. The fraction of sp³-hybridized carbons (Fsp3) is 0.222. The highest BCUT2D eigenvalue weighted by molar-refractivity contribution is 8.00. The van der Waals surface area contributed by atoms with Gasteiger partial charge in [0.05, 0.1) is 22.6 Å². The van der Waals surface area contributed by atoms with E-state index in [0.717, 1.165) is 10.6 Å². The number of benzene rings is 1. The van der Waals surface area contributed by atoms with Gasteiger partial charge in [0.2, 0.25) is 11.1 Å². The zero-order valence-corrected chi connectivity index (χ0v) is 16.3. The fourth-order valence-corrected chi connectivity index (χ4v) is 4.03. The maximum atomic E-state index is 13.0. The Balaban J connectivity index is 1.77. The van der Waals surface area contributed by atoms with E-state index in [2.05, 4.69) is 16.3 Å². The van der Waals surface area contributed by atoms with Gasteiger partial charge in [-0.25, -0.2) is 4.68 Å². The van der Waals surface area contributed by atoms with Crippen LogP contribution in [0.1, 0.15) is 13.3 Å². The molecule has 1 aromatic carbocycles. The number of nitriles is 1. The van der Waals surface area contributed by atoms with E-state index in [0.29, 0.717) is 17.5 Å². The molecule has 0 aliphatic carbocycles. The van der Waals surface area contributed by atoms with E-state index < -0.39 is 5.25 Å². The number of aromatic nitrogens is 3. The van der Waals surface area contributed by atoms with Crippen molar-refractivity contribution >= 4 is 34.7 Å². The number of hydrogen-bond acceptors (Lipinski definition) is 7. The van der Waals surface area contributed by atoms with Gasteiger partial charge >= 0.3 is 0 Å². The minimum Gasteiger partial charge on any atom is -0.335 e. The van der Waals surface area contributed by atoms with Crippen LogP contribution in [0.25, 0.3) is 10.7 Å². The Morgan fingerprint density at radius 1 is 1.33 bits per heavy atom. The number of para-hydroxylation sites is 1. The highest BCUT2D eigenvalue weighted by Crippen LogP contribution is 2.28. The predicted molar refractivity (Wildman–Crippen MR) is 108 cm³/mol. The molecule has 1 unspecified atom stereocenters. The molecular weight excluding hydrogens is 380 g/mol. The molecule has 0 aliphatic heterocycles. The molecule has 138 valence electrons. The summed E-state index contributed by atoms with van der Waals surface area (Å²) in [7, 11) is 0. The fourth-order valence-electron chi connectivity index (χ4n) is 2.50. The van der Waals surface area contributed by atoms with Crippen molar-refractivity contribution in [3.63, 3.8) is 0 Å². The summed E-state index contributed by atoms with van der Waals surface area (Å²) >= 11 is 2.77. The van der Waals surface area contributed by atoms with E-state index in [4.69, 9.17) is 11.1 Å². The van der Waals surface area contributed by atoms with Gasteiger partial charge in [0, 0.05) is 12.2 Å². The summed E-state index contributed by atoms with van der Waals surface area (Å²) in [6.07, 6.45) is 0.258. The molecule has 3 rings (SSSR count). The van der Waals surface area contributed by atoms with E-state index in [9.17, 15) is 4.79 Å². The van der Waals surface area contributed by atoms with Crippen molar-refractivity contribution in [2.24, 2.45) is 0 Å². The van der Waals surface area contributed by atoms with Crippen LogP contribution in [-0.2, 0) is 4.79 Å². The Morgan fingerprint density at radius 2 is 2.11 bits per heavy atom. The lowest BCUT2D eigenvalue weighted by molar-refractivity contribution is -0.117. The first-order chi connectivity index (χ1) is 13.1. The van der Waals surface area contributed by atoms with Crippen LogP contribution in [0.4, 0.5) is 5.69 Å². The van der Waals surface area contributed by atoms with Crippen molar-refractivity contribution < 1.29 is 4.79 Å². The minimum atomic E-state index is -0.438. The van der Waals surface area contributed by atoms with E-state index in [1.165, 1.54) is 27.8 Å². The lowest BCUT2D eigenvalue weighted by Crippen LogP contribution is -2.37. The number of carbonyl (C=O) groups is 1.